The van der Waals surface area contributed by atoms with Crippen molar-refractivity contribution in [2.24, 2.45) is 11.0 Å². The van der Waals surface area contributed by atoms with Crippen LogP contribution in [0.25, 0.3) is 0 Å². The molecule has 1 aromatic rings. The van der Waals surface area contributed by atoms with Crippen molar-refractivity contribution in [3.8, 4) is 5.75 Å². The first kappa shape index (κ1) is 17.6. The van der Waals surface area contributed by atoms with Gasteiger partial charge in [-0.05, 0) is 31.2 Å². The molecule has 0 saturated carbocycles. The first-order chi connectivity index (χ1) is 12.4. The lowest BCUT2D eigenvalue weighted by Gasteiger charge is -2.19. The van der Waals surface area contributed by atoms with Crippen LogP contribution in [-0.2, 0) is 23.9 Å². The summed E-state index contributed by atoms with van der Waals surface area (Å²) >= 11 is 0. The molecular formula is C17H17N3O6. The molecule has 3 amide bonds. The molecule has 2 heterocycles. The molecule has 26 heavy (non-hydrogen) atoms. The van der Waals surface area contributed by atoms with Gasteiger partial charge in [0.15, 0.2) is 11.8 Å². The van der Waals surface area contributed by atoms with E-state index < -0.39 is 35.7 Å². The molecule has 0 aliphatic carbocycles. The van der Waals surface area contributed by atoms with Crippen molar-refractivity contribution in [2.75, 3.05) is 18.6 Å². The summed E-state index contributed by atoms with van der Waals surface area (Å²) in [5.41, 5.74) is 0.0741. The lowest BCUT2D eigenvalue weighted by molar-refractivity contribution is -0.136. The minimum Gasteiger partial charge on any atom is -0.494 e. The summed E-state index contributed by atoms with van der Waals surface area (Å²) in [6.45, 7) is 3.53. The van der Waals surface area contributed by atoms with Gasteiger partial charge in [-0.3, -0.25) is 14.4 Å². The molecule has 0 aromatic heterocycles. The Labute approximate surface area is 149 Å². The Kier molecular flexibility index (Phi) is 4.45. The SMILES string of the molecule is CCOc1ccc(N2C(=O)[C@H]3C(C(=O)OC)=NN(C(C)=O)[C@H]3C2=O)cc1. The highest BCUT2D eigenvalue weighted by molar-refractivity contribution is 6.47. The molecule has 9 heteroatoms. The second-order valence-electron chi connectivity index (χ2n) is 5.70. The summed E-state index contributed by atoms with van der Waals surface area (Å²) in [5.74, 6) is -3.23. The fourth-order valence-corrected chi connectivity index (χ4v) is 3.06. The van der Waals surface area contributed by atoms with Crippen LogP contribution in [0, 0.1) is 5.92 Å². The van der Waals surface area contributed by atoms with E-state index in [1.165, 1.54) is 6.92 Å². The Morgan fingerprint density at radius 2 is 1.81 bits per heavy atom. The Balaban J connectivity index is 1.98. The average molecular weight is 359 g/mol. The molecule has 1 saturated heterocycles. The molecule has 2 aliphatic rings. The Morgan fingerprint density at radius 1 is 1.15 bits per heavy atom. The number of rotatable bonds is 4. The number of imide groups is 1. The van der Waals surface area contributed by atoms with Crippen LogP contribution in [0.4, 0.5) is 5.69 Å². The van der Waals surface area contributed by atoms with Gasteiger partial charge in [0.05, 0.1) is 19.4 Å². The molecule has 0 N–H and O–H groups in total. The normalized spacial score (nSPS) is 21.6. The van der Waals surface area contributed by atoms with Crippen molar-refractivity contribution in [3.05, 3.63) is 24.3 Å². The fourth-order valence-electron chi connectivity index (χ4n) is 3.06. The van der Waals surface area contributed by atoms with E-state index in [9.17, 15) is 19.2 Å². The highest BCUT2D eigenvalue weighted by Crippen LogP contribution is 2.35. The molecule has 9 nitrogen and oxygen atoms in total. The number of fused-ring (bicyclic) bond motifs is 1. The third-order valence-corrected chi connectivity index (χ3v) is 4.17. The van der Waals surface area contributed by atoms with Crippen LogP contribution >= 0.6 is 0 Å². The molecule has 2 aliphatic heterocycles. The number of amides is 3. The van der Waals surface area contributed by atoms with Crippen LogP contribution in [0.5, 0.6) is 5.75 Å². The van der Waals surface area contributed by atoms with Crippen molar-refractivity contribution in [3.63, 3.8) is 0 Å². The van der Waals surface area contributed by atoms with Crippen LogP contribution in [-0.4, -0.2) is 54.2 Å². The monoisotopic (exact) mass is 359 g/mol. The van der Waals surface area contributed by atoms with Crippen molar-refractivity contribution in [1.82, 2.24) is 5.01 Å². The highest BCUT2D eigenvalue weighted by Gasteiger charge is 2.59. The molecule has 0 radical (unpaired) electrons. The zero-order valence-corrected chi connectivity index (χ0v) is 14.5. The lowest BCUT2D eigenvalue weighted by atomic mass is 9.98. The van der Waals surface area contributed by atoms with E-state index in [4.69, 9.17) is 4.74 Å². The van der Waals surface area contributed by atoms with Crippen molar-refractivity contribution < 1.29 is 28.7 Å². The molecule has 1 aromatic carbocycles. The number of methoxy groups -OCH3 is 1. The lowest BCUT2D eigenvalue weighted by Crippen LogP contribution is -2.41. The van der Waals surface area contributed by atoms with Crippen LogP contribution < -0.4 is 9.64 Å². The zero-order valence-electron chi connectivity index (χ0n) is 14.5. The largest absolute Gasteiger partial charge is 0.494 e. The summed E-state index contributed by atoms with van der Waals surface area (Å²) in [5, 5.41) is 4.71. The van der Waals surface area contributed by atoms with Crippen LogP contribution in [0.2, 0.25) is 0 Å². The van der Waals surface area contributed by atoms with Crippen molar-refractivity contribution >= 4 is 35.1 Å². The van der Waals surface area contributed by atoms with E-state index in [-0.39, 0.29) is 5.71 Å². The number of carbonyl (C=O) groups excluding carboxylic acids is 4. The van der Waals surface area contributed by atoms with E-state index in [1.54, 1.807) is 24.3 Å². The second kappa shape index (κ2) is 6.58. The van der Waals surface area contributed by atoms with Gasteiger partial charge in [-0.2, -0.15) is 5.10 Å². The maximum atomic E-state index is 12.9. The van der Waals surface area contributed by atoms with E-state index >= 15 is 0 Å². The minimum atomic E-state index is -1.18. The summed E-state index contributed by atoms with van der Waals surface area (Å²) in [7, 11) is 1.14. The average Bonchev–Trinajstić information content (AvgIpc) is 3.13. The quantitative estimate of drug-likeness (QED) is 0.567. The van der Waals surface area contributed by atoms with E-state index in [0.29, 0.717) is 18.0 Å². The fraction of sp³-hybridized carbons (Fsp3) is 0.353. The van der Waals surface area contributed by atoms with Crippen LogP contribution in [0.1, 0.15) is 13.8 Å². The van der Waals surface area contributed by atoms with Gasteiger partial charge in [0, 0.05) is 6.92 Å². The molecule has 0 bridgehead atoms. The number of hydrazone groups is 1. The van der Waals surface area contributed by atoms with Crippen LogP contribution in [0.15, 0.2) is 29.4 Å². The Hall–Kier alpha value is -3.23. The van der Waals surface area contributed by atoms with Gasteiger partial charge in [0.25, 0.3) is 5.91 Å². The molecular weight excluding hydrogens is 342 g/mol. The Morgan fingerprint density at radius 3 is 2.35 bits per heavy atom. The smallest absolute Gasteiger partial charge is 0.355 e. The maximum Gasteiger partial charge on any atom is 0.355 e. The van der Waals surface area contributed by atoms with E-state index in [0.717, 1.165) is 17.0 Å². The first-order valence-electron chi connectivity index (χ1n) is 7.98. The summed E-state index contributed by atoms with van der Waals surface area (Å²) in [6, 6.07) is 5.21. The summed E-state index contributed by atoms with van der Waals surface area (Å²) < 4.78 is 9.97. The minimum absolute atomic E-state index is 0.250. The molecule has 0 unspecified atom stereocenters. The summed E-state index contributed by atoms with van der Waals surface area (Å²) in [4.78, 5) is 50.4. The topological polar surface area (TPSA) is 106 Å². The number of hydrogen-bond donors (Lipinski definition) is 0. The Bertz CT molecular complexity index is 816. The van der Waals surface area contributed by atoms with Gasteiger partial charge in [-0.25, -0.2) is 14.7 Å². The highest BCUT2D eigenvalue weighted by atomic mass is 16.5. The van der Waals surface area contributed by atoms with Gasteiger partial charge >= 0.3 is 5.97 Å². The van der Waals surface area contributed by atoms with Crippen LogP contribution in [0.3, 0.4) is 0 Å². The van der Waals surface area contributed by atoms with Gasteiger partial charge in [0.1, 0.15) is 11.7 Å². The van der Waals surface area contributed by atoms with Gasteiger partial charge in [-0.1, -0.05) is 0 Å². The first-order valence-corrected chi connectivity index (χ1v) is 7.98. The zero-order chi connectivity index (χ0) is 19.0. The number of carbonyl (C=O) groups is 4. The predicted octanol–water partition coefficient (Wildman–Crippen LogP) is 0.334. The van der Waals surface area contributed by atoms with E-state index in [2.05, 4.69) is 9.84 Å². The van der Waals surface area contributed by atoms with Gasteiger partial charge in [-0.15, -0.1) is 0 Å². The van der Waals surface area contributed by atoms with E-state index in [1.807, 2.05) is 6.92 Å². The van der Waals surface area contributed by atoms with Gasteiger partial charge in [0.2, 0.25) is 11.8 Å². The third kappa shape index (κ3) is 2.61. The van der Waals surface area contributed by atoms with Gasteiger partial charge < -0.3 is 9.47 Å². The maximum absolute atomic E-state index is 12.9. The molecule has 2 atom stereocenters. The van der Waals surface area contributed by atoms with Crippen molar-refractivity contribution in [1.29, 1.82) is 0 Å². The molecule has 0 spiro atoms. The molecule has 3 rings (SSSR count). The second-order valence-corrected chi connectivity index (χ2v) is 5.70. The standard InChI is InChI=1S/C17H17N3O6/c1-4-26-11-7-5-10(6-8-11)19-15(22)12-13(17(24)25-3)18-20(9(2)21)14(12)16(19)23/h5-8,12,14H,4H2,1-3H3/t12-,14+/m0/s1. The third-order valence-electron chi connectivity index (χ3n) is 4.17. The number of nitrogens with zero attached hydrogens (tertiary/aromatic N) is 3. The number of esters is 1. The van der Waals surface area contributed by atoms with Crippen molar-refractivity contribution in [2.45, 2.75) is 19.9 Å². The molecule has 136 valence electrons. The predicted molar refractivity (Wildman–Crippen MR) is 89.4 cm³/mol. The number of ether oxygens (including phenoxy) is 2. The number of anilines is 1. The number of hydrogen-bond acceptors (Lipinski definition) is 7. The number of benzene rings is 1. The molecule has 1 fully saturated rings. The summed E-state index contributed by atoms with van der Waals surface area (Å²) in [6.07, 6.45) is 0.